The van der Waals surface area contributed by atoms with Gasteiger partial charge < -0.3 is 5.11 Å². The Morgan fingerprint density at radius 3 is 2.06 bits per heavy atom. The van der Waals surface area contributed by atoms with Gasteiger partial charge in [-0.1, -0.05) is 65.5 Å². The van der Waals surface area contributed by atoms with Crippen LogP contribution in [-0.4, -0.2) is 11.1 Å². The van der Waals surface area contributed by atoms with E-state index in [1.54, 1.807) is 6.08 Å². The number of carboxylic acids is 1. The minimum atomic E-state index is -0.844. The van der Waals surface area contributed by atoms with Crippen LogP contribution in [0.25, 0.3) is 0 Å². The Hall–Kier alpha value is -1.05. The highest BCUT2D eigenvalue weighted by molar-refractivity contribution is 5.79. The zero-order valence-corrected chi connectivity index (χ0v) is 12.5. The highest BCUT2D eigenvalue weighted by Crippen LogP contribution is 2.11. The topological polar surface area (TPSA) is 37.3 Å². The van der Waals surface area contributed by atoms with Crippen molar-refractivity contribution in [1.29, 1.82) is 0 Å². The molecular weight excluding hydrogens is 224 g/mol. The van der Waals surface area contributed by atoms with Crippen molar-refractivity contribution in [1.82, 2.24) is 0 Å². The molecular formula is C16H30O2. The van der Waals surface area contributed by atoms with Crippen LogP contribution in [0.15, 0.2) is 24.8 Å². The molecule has 0 aliphatic heterocycles. The summed E-state index contributed by atoms with van der Waals surface area (Å²) in [6.07, 6.45) is 11.9. The molecule has 0 heterocycles. The lowest BCUT2D eigenvalue weighted by Gasteiger charge is -2.08. The Balaban J connectivity index is 0. The lowest BCUT2D eigenvalue weighted by molar-refractivity contribution is -0.131. The number of carbonyl (C=O) groups is 1. The third-order valence-corrected chi connectivity index (χ3v) is 2.35. The highest BCUT2D eigenvalue weighted by atomic mass is 16.4. The Bertz CT molecular complexity index is 234. The number of rotatable bonds is 7. The first-order chi connectivity index (χ1) is 8.33. The lowest BCUT2D eigenvalue weighted by Crippen LogP contribution is -1.96. The SMILES string of the molecule is C=CC(C)(C)C.CCCCCCCC=CC(=O)O. The average Bonchev–Trinajstić information content (AvgIpc) is 2.27. The van der Waals surface area contributed by atoms with Crippen LogP contribution in [0, 0.1) is 5.41 Å². The Labute approximate surface area is 113 Å². The van der Waals surface area contributed by atoms with Crippen LogP contribution >= 0.6 is 0 Å². The van der Waals surface area contributed by atoms with E-state index < -0.39 is 5.97 Å². The molecule has 0 fully saturated rings. The number of unbranched alkanes of at least 4 members (excludes halogenated alkanes) is 5. The summed E-state index contributed by atoms with van der Waals surface area (Å²) >= 11 is 0. The van der Waals surface area contributed by atoms with Crippen molar-refractivity contribution in [2.75, 3.05) is 0 Å². The minimum Gasteiger partial charge on any atom is -0.478 e. The summed E-state index contributed by atoms with van der Waals surface area (Å²) in [5.41, 5.74) is 0.306. The van der Waals surface area contributed by atoms with E-state index in [-0.39, 0.29) is 0 Å². The van der Waals surface area contributed by atoms with E-state index >= 15 is 0 Å². The zero-order chi connectivity index (χ0) is 14.4. The quantitative estimate of drug-likeness (QED) is 0.385. The first-order valence-electron chi connectivity index (χ1n) is 6.86. The molecule has 0 aromatic heterocycles. The van der Waals surface area contributed by atoms with Crippen LogP contribution < -0.4 is 0 Å². The maximum absolute atomic E-state index is 10.0. The monoisotopic (exact) mass is 254 g/mol. The molecule has 0 amide bonds. The van der Waals surface area contributed by atoms with Crippen molar-refractivity contribution >= 4 is 5.97 Å². The number of allylic oxidation sites excluding steroid dienone is 2. The van der Waals surface area contributed by atoms with Crippen molar-refractivity contribution in [3.05, 3.63) is 24.8 Å². The van der Waals surface area contributed by atoms with E-state index in [2.05, 4.69) is 34.3 Å². The lowest BCUT2D eigenvalue weighted by atomic mass is 9.98. The summed E-state index contributed by atoms with van der Waals surface area (Å²) in [5, 5.41) is 8.27. The molecule has 0 aromatic carbocycles. The fourth-order valence-corrected chi connectivity index (χ4v) is 1.05. The van der Waals surface area contributed by atoms with E-state index in [0.717, 1.165) is 12.8 Å². The van der Waals surface area contributed by atoms with Gasteiger partial charge in [0.15, 0.2) is 0 Å². The molecule has 1 N–H and O–H groups in total. The molecule has 0 spiro atoms. The van der Waals surface area contributed by atoms with Gasteiger partial charge >= 0.3 is 5.97 Å². The van der Waals surface area contributed by atoms with Gasteiger partial charge in [0.2, 0.25) is 0 Å². The molecule has 0 unspecified atom stereocenters. The zero-order valence-electron chi connectivity index (χ0n) is 12.5. The van der Waals surface area contributed by atoms with Gasteiger partial charge in [-0.05, 0) is 18.3 Å². The first kappa shape index (κ1) is 19.3. The van der Waals surface area contributed by atoms with Crippen LogP contribution in [0.3, 0.4) is 0 Å². The fraction of sp³-hybridized carbons (Fsp3) is 0.688. The maximum atomic E-state index is 10.0. The summed E-state index contributed by atoms with van der Waals surface area (Å²) in [6, 6.07) is 0. The smallest absolute Gasteiger partial charge is 0.327 e. The molecule has 0 aliphatic carbocycles. The van der Waals surface area contributed by atoms with Crippen molar-refractivity contribution in [2.24, 2.45) is 5.41 Å². The van der Waals surface area contributed by atoms with Crippen LogP contribution in [0.4, 0.5) is 0 Å². The van der Waals surface area contributed by atoms with Gasteiger partial charge in [-0.15, -0.1) is 6.58 Å². The summed E-state index contributed by atoms with van der Waals surface area (Å²) in [4.78, 5) is 10.0. The number of aliphatic carboxylic acids is 1. The summed E-state index contributed by atoms with van der Waals surface area (Å²) in [7, 11) is 0. The average molecular weight is 254 g/mol. The van der Waals surface area contributed by atoms with Crippen LogP contribution in [-0.2, 0) is 4.79 Å². The van der Waals surface area contributed by atoms with Crippen molar-refractivity contribution in [2.45, 2.75) is 66.2 Å². The second-order valence-electron chi connectivity index (χ2n) is 5.51. The predicted octanol–water partition coefficient (Wildman–Crippen LogP) is 5.21. The summed E-state index contributed by atoms with van der Waals surface area (Å²) < 4.78 is 0. The molecule has 2 nitrogen and oxygen atoms in total. The van der Waals surface area contributed by atoms with E-state index in [1.165, 1.54) is 31.8 Å². The Kier molecular flexibility index (Phi) is 13.3. The number of carboxylic acid groups (broad SMARTS) is 1. The minimum absolute atomic E-state index is 0.306. The van der Waals surface area contributed by atoms with Crippen molar-refractivity contribution in [3.63, 3.8) is 0 Å². The molecule has 0 radical (unpaired) electrons. The fourth-order valence-electron chi connectivity index (χ4n) is 1.05. The number of hydrogen-bond acceptors (Lipinski definition) is 1. The highest BCUT2D eigenvalue weighted by Gasteiger charge is 1.99. The van der Waals surface area contributed by atoms with Crippen LogP contribution in [0.5, 0.6) is 0 Å². The molecule has 0 bridgehead atoms. The second kappa shape index (κ2) is 12.4. The molecule has 0 aromatic rings. The second-order valence-corrected chi connectivity index (χ2v) is 5.51. The van der Waals surface area contributed by atoms with Crippen LogP contribution in [0.1, 0.15) is 66.2 Å². The van der Waals surface area contributed by atoms with E-state index in [9.17, 15) is 4.79 Å². The van der Waals surface area contributed by atoms with Gasteiger partial charge in [0.25, 0.3) is 0 Å². The van der Waals surface area contributed by atoms with E-state index in [4.69, 9.17) is 5.11 Å². The van der Waals surface area contributed by atoms with Gasteiger partial charge in [-0.2, -0.15) is 0 Å². The van der Waals surface area contributed by atoms with Crippen molar-refractivity contribution < 1.29 is 9.90 Å². The standard InChI is InChI=1S/C10H18O2.C6H12/c1-2-3-4-5-6-7-8-9-10(11)12;1-5-6(2,3)4/h8-9H,2-7H2,1H3,(H,11,12);5H,1H2,2-4H3. The van der Waals surface area contributed by atoms with Gasteiger partial charge in [-0.3, -0.25) is 0 Å². The van der Waals surface area contributed by atoms with Crippen molar-refractivity contribution in [3.8, 4) is 0 Å². The van der Waals surface area contributed by atoms with E-state index in [1.807, 2.05) is 6.08 Å². The Morgan fingerprint density at radius 1 is 1.17 bits per heavy atom. The predicted molar refractivity (Wildman–Crippen MR) is 79.8 cm³/mol. The summed E-state index contributed by atoms with van der Waals surface area (Å²) in [6.45, 7) is 12.2. The third kappa shape index (κ3) is 24.3. The van der Waals surface area contributed by atoms with E-state index in [0.29, 0.717) is 5.41 Å². The molecule has 0 saturated heterocycles. The molecule has 0 rings (SSSR count). The molecule has 0 atom stereocenters. The van der Waals surface area contributed by atoms with Gasteiger partial charge in [-0.25, -0.2) is 4.79 Å². The van der Waals surface area contributed by atoms with Gasteiger partial charge in [0, 0.05) is 6.08 Å². The molecule has 106 valence electrons. The van der Waals surface area contributed by atoms with Crippen LogP contribution in [0.2, 0.25) is 0 Å². The third-order valence-electron chi connectivity index (χ3n) is 2.35. The molecule has 2 heteroatoms. The molecule has 0 saturated carbocycles. The molecule has 0 aliphatic rings. The maximum Gasteiger partial charge on any atom is 0.327 e. The van der Waals surface area contributed by atoms with Gasteiger partial charge in [0.1, 0.15) is 0 Å². The molecule has 18 heavy (non-hydrogen) atoms. The Morgan fingerprint density at radius 2 is 1.67 bits per heavy atom. The van der Waals surface area contributed by atoms with Gasteiger partial charge in [0.05, 0.1) is 0 Å². The normalized spacial score (nSPS) is 10.9. The summed E-state index contributed by atoms with van der Waals surface area (Å²) in [5.74, 6) is -0.844. The largest absolute Gasteiger partial charge is 0.478 e. The number of hydrogen-bond donors (Lipinski definition) is 1. The first-order valence-corrected chi connectivity index (χ1v) is 6.86.